The predicted octanol–water partition coefficient (Wildman–Crippen LogP) is 1.99. The summed E-state index contributed by atoms with van der Waals surface area (Å²) in [5.41, 5.74) is 0.167. The molecule has 4 heteroatoms. The molecule has 1 saturated carbocycles. The van der Waals surface area contributed by atoms with Crippen LogP contribution >= 0.6 is 0 Å². The van der Waals surface area contributed by atoms with E-state index in [2.05, 4.69) is 9.78 Å². The third-order valence-corrected chi connectivity index (χ3v) is 4.67. The number of rotatable bonds is 1. The average Bonchev–Trinajstić information content (AvgIpc) is 2.96. The highest BCUT2D eigenvalue weighted by Crippen LogP contribution is 2.44. The maximum Gasteiger partial charge on any atom is 0.222 e. The van der Waals surface area contributed by atoms with Crippen LogP contribution in [0.5, 0.6) is 0 Å². The van der Waals surface area contributed by atoms with Crippen LogP contribution in [0, 0.1) is 0 Å². The molecule has 1 spiro atoms. The zero-order chi connectivity index (χ0) is 11.9. The lowest BCUT2D eigenvalue weighted by molar-refractivity contribution is -0.130. The summed E-state index contributed by atoms with van der Waals surface area (Å²) in [6.45, 7) is 0. The molecule has 2 fully saturated rings. The molecule has 0 atom stereocenters. The number of carbonyl (C=O) groups excluding carboxylic acids is 1. The van der Waals surface area contributed by atoms with E-state index in [9.17, 15) is 4.79 Å². The van der Waals surface area contributed by atoms with Crippen molar-refractivity contribution in [2.24, 2.45) is 0 Å². The first-order valence-corrected chi connectivity index (χ1v) is 6.47. The summed E-state index contributed by atoms with van der Waals surface area (Å²) < 4.78 is 2.07. The number of amides is 1. The first kappa shape index (κ1) is 10.8. The molecule has 0 radical (unpaired) electrons. The Morgan fingerprint density at radius 3 is 2.65 bits per heavy atom. The summed E-state index contributed by atoms with van der Waals surface area (Å²) in [5, 5.41) is 4.33. The third kappa shape index (κ3) is 1.66. The Morgan fingerprint density at radius 2 is 2.12 bits per heavy atom. The summed E-state index contributed by atoms with van der Waals surface area (Å²) in [5.74, 6) is 0.322. The van der Waals surface area contributed by atoms with E-state index in [0.717, 1.165) is 38.5 Å². The fraction of sp³-hybridized carbons (Fsp3) is 0.692. The molecule has 1 aliphatic heterocycles. The molecule has 1 aliphatic carbocycles. The Kier molecular flexibility index (Phi) is 2.45. The Morgan fingerprint density at radius 1 is 1.35 bits per heavy atom. The van der Waals surface area contributed by atoms with Gasteiger partial charge in [-0.15, -0.1) is 0 Å². The second-order valence-electron chi connectivity index (χ2n) is 5.39. The van der Waals surface area contributed by atoms with E-state index >= 15 is 0 Å². The quantitative estimate of drug-likeness (QED) is 0.744. The number of aromatic nitrogens is 2. The van der Waals surface area contributed by atoms with Crippen molar-refractivity contribution in [3.8, 4) is 0 Å². The molecule has 0 aromatic carbocycles. The normalized spacial score (nSPS) is 33.6. The van der Waals surface area contributed by atoms with Crippen molar-refractivity contribution in [1.29, 1.82) is 0 Å². The van der Waals surface area contributed by atoms with Gasteiger partial charge in [-0.05, 0) is 38.2 Å². The highest BCUT2D eigenvalue weighted by Gasteiger charge is 2.45. The molecule has 17 heavy (non-hydrogen) atoms. The van der Waals surface area contributed by atoms with Gasteiger partial charge in [-0.2, -0.15) is 5.10 Å². The van der Waals surface area contributed by atoms with Crippen LogP contribution in [0.3, 0.4) is 0 Å². The zero-order valence-electron chi connectivity index (χ0n) is 10.3. The van der Waals surface area contributed by atoms with Gasteiger partial charge in [0.2, 0.25) is 5.91 Å². The summed E-state index contributed by atoms with van der Waals surface area (Å²) in [6.07, 6.45) is 10.2. The monoisotopic (exact) mass is 233 g/mol. The lowest BCUT2D eigenvalue weighted by atomic mass is 9.78. The molecule has 0 N–H and O–H groups in total. The Hall–Kier alpha value is -1.32. The fourth-order valence-electron chi connectivity index (χ4n) is 3.43. The lowest BCUT2D eigenvalue weighted by Gasteiger charge is -2.42. The summed E-state index contributed by atoms with van der Waals surface area (Å²) in [4.78, 5) is 13.7. The van der Waals surface area contributed by atoms with Crippen molar-refractivity contribution >= 4 is 5.91 Å². The molecule has 3 rings (SSSR count). The molecule has 1 amide bonds. The van der Waals surface area contributed by atoms with Gasteiger partial charge in [0.1, 0.15) is 0 Å². The van der Waals surface area contributed by atoms with Gasteiger partial charge in [0.15, 0.2) is 0 Å². The van der Waals surface area contributed by atoms with Crippen molar-refractivity contribution < 1.29 is 4.79 Å². The molecule has 1 aromatic heterocycles. The van der Waals surface area contributed by atoms with Gasteiger partial charge in [0, 0.05) is 31.4 Å². The van der Waals surface area contributed by atoms with Crippen LogP contribution < -0.4 is 0 Å². The number of hydrogen-bond acceptors (Lipinski definition) is 2. The molecule has 1 aromatic rings. The highest BCUT2D eigenvalue weighted by molar-refractivity contribution is 5.79. The van der Waals surface area contributed by atoms with Gasteiger partial charge in [0.05, 0.1) is 6.04 Å². The Bertz CT molecular complexity index is 404. The van der Waals surface area contributed by atoms with Gasteiger partial charge >= 0.3 is 0 Å². The maximum absolute atomic E-state index is 11.7. The van der Waals surface area contributed by atoms with Gasteiger partial charge in [-0.1, -0.05) is 0 Å². The standard InChI is InChI=1S/C13H19N3O/c1-15-12(17)5-8-13(15)6-3-11(4-7-13)16-10-2-9-14-16/h2,9-11H,3-8H2,1H3. The van der Waals surface area contributed by atoms with Crippen molar-refractivity contribution in [2.45, 2.75) is 50.1 Å². The molecule has 92 valence electrons. The first-order valence-electron chi connectivity index (χ1n) is 6.47. The van der Waals surface area contributed by atoms with Crippen LogP contribution in [-0.4, -0.2) is 33.2 Å². The smallest absolute Gasteiger partial charge is 0.222 e. The van der Waals surface area contributed by atoms with Crippen molar-refractivity contribution in [2.75, 3.05) is 7.05 Å². The fourth-order valence-corrected chi connectivity index (χ4v) is 3.43. The van der Waals surface area contributed by atoms with Crippen molar-refractivity contribution in [3.63, 3.8) is 0 Å². The summed E-state index contributed by atoms with van der Waals surface area (Å²) in [7, 11) is 1.98. The Labute approximate surface area is 102 Å². The largest absolute Gasteiger partial charge is 0.340 e. The van der Waals surface area contributed by atoms with E-state index < -0.39 is 0 Å². The van der Waals surface area contributed by atoms with E-state index in [1.165, 1.54) is 0 Å². The molecular weight excluding hydrogens is 214 g/mol. The molecule has 0 unspecified atom stereocenters. The lowest BCUT2D eigenvalue weighted by Crippen LogP contribution is -2.46. The van der Waals surface area contributed by atoms with Crippen molar-refractivity contribution in [3.05, 3.63) is 18.5 Å². The van der Waals surface area contributed by atoms with Crippen LogP contribution in [-0.2, 0) is 4.79 Å². The second-order valence-corrected chi connectivity index (χ2v) is 5.39. The number of hydrogen-bond donors (Lipinski definition) is 0. The summed E-state index contributed by atoms with van der Waals surface area (Å²) in [6, 6.07) is 2.51. The van der Waals surface area contributed by atoms with E-state index in [4.69, 9.17) is 0 Å². The van der Waals surface area contributed by atoms with Gasteiger partial charge in [-0.25, -0.2) is 0 Å². The van der Waals surface area contributed by atoms with Crippen LogP contribution in [0.2, 0.25) is 0 Å². The van der Waals surface area contributed by atoms with Crippen LogP contribution in [0.25, 0.3) is 0 Å². The predicted molar refractivity (Wildman–Crippen MR) is 64.5 cm³/mol. The zero-order valence-corrected chi connectivity index (χ0v) is 10.3. The minimum atomic E-state index is 0.167. The maximum atomic E-state index is 11.7. The highest BCUT2D eigenvalue weighted by atomic mass is 16.2. The molecule has 2 aliphatic rings. The van der Waals surface area contributed by atoms with E-state index in [-0.39, 0.29) is 5.54 Å². The summed E-state index contributed by atoms with van der Waals surface area (Å²) >= 11 is 0. The van der Waals surface area contributed by atoms with Crippen LogP contribution in [0.1, 0.15) is 44.6 Å². The minimum absolute atomic E-state index is 0.167. The molecule has 4 nitrogen and oxygen atoms in total. The topological polar surface area (TPSA) is 38.1 Å². The third-order valence-electron chi connectivity index (χ3n) is 4.67. The number of nitrogens with zero attached hydrogens (tertiary/aromatic N) is 3. The van der Waals surface area contributed by atoms with Crippen LogP contribution in [0.15, 0.2) is 18.5 Å². The molecule has 1 saturated heterocycles. The van der Waals surface area contributed by atoms with Crippen molar-refractivity contribution in [1.82, 2.24) is 14.7 Å². The van der Waals surface area contributed by atoms with E-state index in [1.807, 2.05) is 30.4 Å². The number of likely N-dealkylation sites (tertiary alicyclic amines) is 1. The molecular formula is C13H19N3O. The van der Waals surface area contributed by atoms with Gasteiger partial charge < -0.3 is 4.90 Å². The molecule has 2 heterocycles. The second kappa shape index (κ2) is 3.86. The van der Waals surface area contributed by atoms with Gasteiger partial charge in [0.25, 0.3) is 0 Å². The molecule has 0 bridgehead atoms. The Balaban J connectivity index is 1.70. The van der Waals surface area contributed by atoms with E-state index in [1.54, 1.807) is 0 Å². The average molecular weight is 233 g/mol. The van der Waals surface area contributed by atoms with E-state index in [0.29, 0.717) is 11.9 Å². The van der Waals surface area contributed by atoms with Gasteiger partial charge in [-0.3, -0.25) is 9.48 Å². The number of carbonyl (C=O) groups is 1. The minimum Gasteiger partial charge on any atom is -0.340 e. The van der Waals surface area contributed by atoms with Crippen LogP contribution in [0.4, 0.5) is 0 Å². The SMILES string of the molecule is CN1C(=O)CCC12CCC(n1cccn1)CC2. The first-order chi connectivity index (χ1) is 8.21.